The highest BCUT2D eigenvalue weighted by molar-refractivity contribution is 6.31. The van der Waals surface area contributed by atoms with E-state index in [1.807, 2.05) is 0 Å². The molecule has 1 atom stereocenters. The average Bonchev–Trinajstić information content (AvgIpc) is 2.43. The first-order valence-corrected chi connectivity index (χ1v) is 6.80. The van der Waals surface area contributed by atoms with Crippen LogP contribution >= 0.6 is 23.2 Å². The molecule has 0 amide bonds. The molecule has 0 aliphatic heterocycles. The molecular formula is C15H14Cl2FNO. The van der Waals surface area contributed by atoms with Crippen LogP contribution in [0.5, 0.6) is 5.75 Å². The summed E-state index contributed by atoms with van der Waals surface area (Å²) in [6, 6.07) is 9.67. The Labute approximate surface area is 127 Å². The Hall–Kier alpha value is -1.29. The zero-order valence-corrected chi connectivity index (χ0v) is 12.4. The van der Waals surface area contributed by atoms with Crippen molar-refractivity contribution in [2.75, 3.05) is 7.11 Å². The fourth-order valence-corrected chi connectivity index (χ4v) is 2.40. The SMILES string of the molecule is COc1cc(Cl)ccc1C(N)Cc1cccc(Cl)c1F. The summed E-state index contributed by atoms with van der Waals surface area (Å²) in [5, 5.41) is 0.657. The van der Waals surface area contributed by atoms with Gasteiger partial charge in [0, 0.05) is 16.6 Å². The second-order valence-corrected chi connectivity index (χ2v) is 5.25. The largest absolute Gasteiger partial charge is 0.496 e. The number of hydrogen-bond acceptors (Lipinski definition) is 2. The summed E-state index contributed by atoms with van der Waals surface area (Å²) in [7, 11) is 1.54. The lowest BCUT2D eigenvalue weighted by molar-refractivity contribution is 0.405. The fourth-order valence-electron chi connectivity index (χ4n) is 2.04. The molecule has 106 valence electrons. The van der Waals surface area contributed by atoms with Crippen molar-refractivity contribution in [3.8, 4) is 5.75 Å². The highest BCUT2D eigenvalue weighted by Gasteiger charge is 2.16. The van der Waals surface area contributed by atoms with Gasteiger partial charge in [-0.25, -0.2) is 4.39 Å². The van der Waals surface area contributed by atoms with Gasteiger partial charge in [-0.15, -0.1) is 0 Å². The van der Waals surface area contributed by atoms with E-state index >= 15 is 0 Å². The van der Waals surface area contributed by atoms with E-state index in [4.69, 9.17) is 33.7 Å². The van der Waals surface area contributed by atoms with Gasteiger partial charge in [-0.3, -0.25) is 0 Å². The third-order valence-corrected chi connectivity index (χ3v) is 3.59. The highest BCUT2D eigenvalue weighted by Crippen LogP contribution is 2.30. The molecule has 0 aliphatic carbocycles. The van der Waals surface area contributed by atoms with E-state index in [1.54, 1.807) is 37.4 Å². The monoisotopic (exact) mass is 313 g/mol. The third kappa shape index (κ3) is 3.23. The van der Waals surface area contributed by atoms with E-state index in [2.05, 4.69) is 0 Å². The molecule has 1 unspecified atom stereocenters. The molecule has 0 bridgehead atoms. The quantitative estimate of drug-likeness (QED) is 0.909. The maximum atomic E-state index is 13.9. The van der Waals surface area contributed by atoms with Crippen LogP contribution in [0.3, 0.4) is 0 Å². The number of halogens is 3. The minimum atomic E-state index is -0.433. The molecule has 2 aromatic rings. The van der Waals surface area contributed by atoms with Crippen molar-refractivity contribution in [2.45, 2.75) is 12.5 Å². The lowest BCUT2D eigenvalue weighted by Gasteiger charge is -2.16. The van der Waals surface area contributed by atoms with Gasteiger partial charge in [-0.05, 0) is 30.2 Å². The highest BCUT2D eigenvalue weighted by atomic mass is 35.5. The summed E-state index contributed by atoms with van der Waals surface area (Å²) in [6.45, 7) is 0. The van der Waals surface area contributed by atoms with Gasteiger partial charge < -0.3 is 10.5 Å². The van der Waals surface area contributed by atoms with Crippen LogP contribution in [0, 0.1) is 5.82 Å². The van der Waals surface area contributed by atoms with Gasteiger partial charge in [-0.1, -0.05) is 41.4 Å². The van der Waals surface area contributed by atoms with Crippen LogP contribution in [0.15, 0.2) is 36.4 Å². The fraction of sp³-hybridized carbons (Fsp3) is 0.200. The molecule has 0 aliphatic rings. The molecule has 0 saturated carbocycles. The second kappa shape index (κ2) is 6.44. The van der Waals surface area contributed by atoms with Gasteiger partial charge >= 0.3 is 0 Å². The van der Waals surface area contributed by atoms with Gasteiger partial charge in [0.15, 0.2) is 0 Å². The van der Waals surface area contributed by atoms with Crippen molar-refractivity contribution in [3.63, 3.8) is 0 Å². The molecule has 0 radical (unpaired) electrons. The predicted octanol–water partition coefficient (Wildman–Crippen LogP) is 4.38. The van der Waals surface area contributed by atoms with Crippen LogP contribution in [0.25, 0.3) is 0 Å². The number of rotatable bonds is 4. The maximum absolute atomic E-state index is 13.9. The van der Waals surface area contributed by atoms with Crippen LogP contribution in [0.1, 0.15) is 17.2 Å². The Morgan fingerprint density at radius 3 is 2.70 bits per heavy atom. The van der Waals surface area contributed by atoms with Crippen molar-refractivity contribution < 1.29 is 9.13 Å². The van der Waals surface area contributed by atoms with Crippen LogP contribution in [-0.4, -0.2) is 7.11 Å². The smallest absolute Gasteiger partial charge is 0.145 e. The van der Waals surface area contributed by atoms with Crippen LogP contribution in [0.4, 0.5) is 4.39 Å². The van der Waals surface area contributed by atoms with Crippen LogP contribution in [0.2, 0.25) is 10.0 Å². The second-order valence-electron chi connectivity index (χ2n) is 4.41. The molecule has 20 heavy (non-hydrogen) atoms. The summed E-state index contributed by atoms with van der Waals surface area (Å²) in [5.74, 6) is 0.157. The Morgan fingerprint density at radius 1 is 1.25 bits per heavy atom. The van der Waals surface area contributed by atoms with Crippen molar-refractivity contribution >= 4 is 23.2 Å². The van der Waals surface area contributed by atoms with Gasteiger partial charge in [0.2, 0.25) is 0 Å². The van der Waals surface area contributed by atoms with E-state index < -0.39 is 11.9 Å². The molecule has 0 saturated heterocycles. The lowest BCUT2D eigenvalue weighted by Crippen LogP contribution is -2.15. The Bertz CT molecular complexity index is 619. The Morgan fingerprint density at radius 2 is 2.00 bits per heavy atom. The van der Waals surface area contributed by atoms with E-state index in [9.17, 15) is 4.39 Å². The summed E-state index contributed by atoms with van der Waals surface area (Å²) in [5.41, 5.74) is 7.39. The topological polar surface area (TPSA) is 35.2 Å². The van der Waals surface area contributed by atoms with Crippen molar-refractivity contribution in [2.24, 2.45) is 5.73 Å². The number of ether oxygens (including phenoxy) is 1. The zero-order valence-electron chi connectivity index (χ0n) is 10.9. The summed E-state index contributed by atoms with van der Waals surface area (Å²) >= 11 is 11.7. The number of methoxy groups -OCH3 is 1. The molecule has 2 nitrogen and oxygen atoms in total. The predicted molar refractivity (Wildman–Crippen MR) is 80.0 cm³/mol. The number of benzene rings is 2. The molecule has 0 fully saturated rings. The Balaban J connectivity index is 2.28. The minimum absolute atomic E-state index is 0.0952. The van der Waals surface area contributed by atoms with Gasteiger partial charge in [0.25, 0.3) is 0 Å². The first-order valence-electron chi connectivity index (χ1n) is 6.05. The first kappa shape index (κ1) is 15.1. The molecule has 5 heteroatoms. The van der Waals surface area contributed by atoms with Crippen molar-refractivity contribution in [1.82, 2.24) is 0 Å². The van der Waals surface area contributed by atoms with E-state index in [0.29, 0.717) is 22.8 Å². The van der Waals surface area contributed by atoms with Crippen LogP contribution < -0.4 is 10.5 Å². The minimum Gasteiger partial charge on any atom is -0.496 e. The summed E-state index contributed by atoms with van der Waals surface area (Å²) < 4.78 is 19.1. The standard InChI is InChI=1S/C15H14Cl2FNO/c1-20-14-8-10(16)5-6-11(14)13(19)7-9-3-2-4-12(17)15(9)18/h2-6,8,13H,7,19H2,1H3. The van der Waals surface area contributed by atoms with Gasteiger partial charge in [0.1, 0.15) is 11.6 Å². The number of nitrogens with two attached hydrogens (primary N) is 1. The summed E-state index contributed by atoms with van der Waals surface area (Å²) in [6.07, 6.45) is 0.324. The molecular weight excluding hydrogens is 300 g/mol. The molecule has 0 heterocycles. The molecule has 0 spiro atoms. The lowest BCUT2D eigenvalue weighted by atomic mass is 9.98. The third-order valence-electron chi connectivity index (χ3n) is 3.07. The Kier molecular flexibility index (Phi) is 4.86. The maximum Gasteiger partial charge on any atom is 0.145 e. The molecule has 2 N–H and O–H groups in total. The average molecular weight is 314 g/mol. The van der Waals surface area contributed by atoms with Crippen molar-refractivity contribution in [1.29, 1.82) is 0 Å². The number of hydrogen-bond donors (Lipinski definition) is 1. The van der Waals surface area contributed by atoms with Crippen molar-refractivity contribution in [3.05, 3.63) is 63.4 Å². The molecule has 2 aromatic carbocycles. The zero-order chi connectivity index (χ0) is 14.7. The van der Waals surface area contributed by atoms with Gasteiger partial charge in [-0.2, -0.15) is 0 Å². The normalized spacial score (nSPS) is 12.2. The molecule has 0 aromatic heterocycles. The molecule has 2 rings (SSSR count). The van der Waals surface area contributed by atoms with Crippen LogP contribution in [-0.2, 0) is 6.42 Å². The summed E-state index contributed by atoms with van der Waals surface area (Å²) in [4.78, 5) is 0. The van der Waals surface area contributed by atoms with E-state index in [0.717, 1.165) is 5.56 Å². The van der Waals surface area contributed by atoms with Gasteiger partial charge in [0.05, 0.1) is 12.1 Å². The van der Waals surface area contributed by atoms with E-state index in [-0.39, 0.29) is 5.02 Å². The van der Waals surface area contributed by atoms with E-state index in [1.165, 1.54) is 6.07 Å². The first-order chi connectivity index (χ1) is 9.52.